The van der Waals surface area contributed by atoms with Crippen LogP contribution in [0.15, 0.2) is 48.5 Å². The normalized spacial score (nSPS) is 11.7. The van der Waals surface area contributed by atoms with Crippen LogP contribution in [-0.4, -0.2) is 26.9 Å². The Hall–Kier alpha value is -2.77. The standard InChI is InChI=1S/C18H16F4N4/c19-10-3-11-26-24-17(23-25-26)16-5-2-1-4-14(16)12-13-6-8-15(9-7-13)18(20,21)22/h1-2,4-9H,3,10-12H2. The number of nitrogens with zero attached hydrogens (tertiary/aromatic N) is 4. The lowest BCUT2D eigenvalue weighted by atomic mass is 9.98. The van der Waals surface area contributed by atoms with Gasteiger partial charge in [0, 0.05) is 5.56 Å². The summed E-state index contributed by atoms with van der Waals surface area (Å²) >= 11 is 0. The average molecular weight is 364 g/mol. The Bertz CT molecular complexity index is 856. The highest BCUT2D eigenvalue weighted by atomic mass is 19.4. The number of tetrazole rings is 1. The molecule has 0 fully saturated rings. The molecule has 3 rings (SSSR count). The molecule has 0 aliphatic heterocycles. The molecule has 0 radical (unpaired) electrons. The molecule has 0 amide bonds. The van der Waals surface area contributed by atoms with E-state index in [1.165, 1.54) is 16.9 Å². The first-order valence-electron chi connectivity index (χ1n) is 8.05. The Labute approximate surface area is 147 Å². The number of alkyl halides is 4. The number of aromatic nitrogens is 4. The van der Waals surface area contributed by atoms with Gasteiger partial charge in [-0.2, -0.15) is 18.0 Å². The first kappa shape index (κ1) is 18.0. The van der Waals surface area contributed by atoms with E-state index < -0.39 is 18.4 Å². The maximum Gasteiger partial charge on any atom is 0.416 e. The van der Waals surface area contributed by atoms with Crippen molar-refractivity contribution in [2.24, 2.45) is 0 Å². The fourth-order valence-corrected chi connectivity index (χ4v) is 2.57. The smallest absolute Gasteiger partial charge is 0.251 e. The molecule has 1 aromatic heterocycles. The van der Waals surface area contributed by atoms with Crippen LogP contribution < -0.4 is 0 Å². The Balaban J connectivity index is 1.82. The molecule has 26 heavy (non-hydrogen) atoms. The SMILES string of the molecule is FCCCn1nnc(-c2ccccc2Cc2ccc(C(F)(F)F)cc2)n1. The minimum atomic E-state index is -4.35. The van der Waals surface area contributed by atoms with Gasteiger partial charge in [0.1, 0.15) is 0 Å². The molecular weight excluding hydrogens is 348 g/mol. The largest absolute Gasteiger partial charge is 0.416 e. The van der Waals surface area contributed by atoms with Crippen LogP contribution in [0.4, 0.5) is 17.6 Å². The highest BCUT2D eigenvalue weighted by Crippen LogP contribution is 2.30. The van der Waals surface area contributed by atoms with Gasteiger partial charge in [0.2, 0.25) is 5.82 Å². The summed E-state index contributed by atoms with van der Waals surface area (Å²) in [5, 5.41) is 12.1. The lowest BCUT2D eigenvalue weighted by molar-refractivity contribution is -0.137. The lowest BCUT2D eigenvalue weighted by Crippen LogP contribution is -2.04. The summed E-state index contributed by atoms with van der Waals surface area (Å²) in [5.74, 6) is 0.409. The van der Waals surface area contributed by atoms with Gasteiger partial charge in [0.15, 0.2) is 0 Å². The van der Waals surface area contributed by atoms with Crippen LogP contribution in [-0.2, 0) is 19.1 Å². The van der Waals surface area contributed by atoms with Gasteiger partial charge in [-0.15, -0.1) is 10.2 Å². The number of benzene rings is 2. The summed E-state index contributed by atoms with van der Waals surface area (Å²) in [5.41, 5.74) is 1.69. The zero-order valence-electron chi connectivity index (χ0n) is 13.7. The van der Waals surface area contributed by atoms with Gasteiger partial charge in [0.05, 0.1) is 18.8 Å². The second-order valence-corrected chi connectivity index (χ2v) is 5.78. The van der Waals surface area contributed by atoms with Gasteiger partial charge in [-0.1, -0.05) is 36.4 Å². The number of hydrogen-bond donors (Lipinski definition) is 0. The van der Waals surface area contributed by atoms with Crippen LogP contribution >= 0.6 is 0 Å². The van der Waals surface area contributed by atoms with E-state index in [-0.39, 0.29) is 0 Å². The molecule has 2 aromatic carbocycles. The van der Waals surface area contributed by atoms with E-state index >= 15 is 0 Å². The first-order chi connectivity index (χ1) is 12.5. The predicted molar refractivity (Wildman–Crippen MR) is 88.1 cm³/mol. The predicted octanol–water partition coefficient (Wildman–Crippen LogP) is 4.31. The molecule has 0 aliphatic rings. The van der Waals surface area contributed by atoms with E-state index in [4.69, 9.17) is 0 Å². The Morgan fingerprint density at radius 3 is 2.38 bits per heavy atom. The van der Waals surface area contributed by atoms with Crippen molar-refractivity contribution in [1.29, 1.82) is 0 Å². The van der Waals surface area contributed by atoms with Crippen molar-refractivity contribution in [3.63, 3.8) is 0 Å². The summed E-state index contributed by atoms with van der Waals surface area (Å²) in [6, 6.07) is 12.4. The summed E-state index contributed by atoms with van der Waals surface area (Å²) in [7, 11) is 0. The molecule has 3 aromatic rings. The molecule has 0 N–H and O–H groups in total. The van der Waals surface area contributed by atoms with Crippen molar-refractivity contribution < 1.29 is 17.6 Å². The summed E-state index contributed by atoms with van der Waals surface area (Å²) in [6.45, 7) is -0.119. The maximum absolute atomic E-state index is 12.7. The molecule has 0 saturated heterocycles. The van der Waals surface area contributed by atoms with Gasteiger partial charge in [-0.05, 0) is 41.3 Å². The second-order valence-electron chi connectivity index (χ2n) is 5.78. The van der Waals surface area contributed by atoms with Crippen molar-refractivity contribution >= 4 is 0 Å². The van der Waals surface area contributed by atoms with Gasteiger partial charge in [-0.3, -0.25) is 4.39 Å². The van der Waals surface area contributed by atoms with Gasteiger partial charge >= 0.3 is 6.18 Å². The highest BCUT2D eigenvalue weighted by Gasteiger charge is 2.29. The lowest BCUT2D eigenvalue weighted by Gasteiger charge is -2.09. The summed E-state index contributed by atoms with van der Waals surface area (Å²) in [4.78, 5) is 1.34. The number of rotatable bonds is 6. The molecule has 0 unspecified atom stereocenters. The highest BCUT2D eigenvalue weighted by molar-refractivity contribution is 5.60. The topological polar surface area (TPSA) is 43.6 Å². The van der Waals surface area contributed by atoms with Gasteiger partial charge in [-0.25, -0.2) is 0 Å². The average Bonchev–Trinajstić information content (AvgIpc) is 3.09. The molecule has 0 bridgehead atoms. The zero-order valence-corrected chi connectivity index (χ0v) is 13.7. The van der Waals surface area contributed by atoms with Crippen molar-refractivity contribution in [3.05, 3.63) is 65.2 Å². The minimum absolute atomic E-state index is 0.309. The molecule has 136 valence electrons. The van der Waals surface area contributed by atoms with E-state index in [0.717, 1.165) is 28.8 Å². The third-order valence-corrected chi connectivity index (χ3v) is 3.88. The van der Waals surface area contributed by atoms with Gasteiger partial charge in [0.25, 0.3) is 0 Å². The van der Waals surface area contributed by atoms with E-state index in [2.05, 4.69) is 15.4 Å². The van der Waals surface area contributed by atoms with Crippen molar-refractivity contribution in [2.75, 3.05) is 6.67 Å². The number of aryl methyl sites for hydroxylation is 1. The minimum Gasteiger partial charge on any atom is -0.251 e. The van der Waals surface area contributed by atoms with Crippen LogP contribution in [0.1, 0.15) is 23.1 Å². The van der Waals surface area contributed by atoms with E-state index in [0.29, 0.717) is 25.2 Å². The van der Waals surface area contributed by atoms with E-state index in [1.807, 2.05) is 24.3 Å². The molecular formula is C18H16F4N4. The molecule has 1 heterocycles. The molecule has 0 atom stereocenters. The Kier molecular flexibility index (Phi) is 5.29. The molecule has 4 nitrogen and oxygen atoms in total. The second kappa shape index (κ2) is 7.63. The molecule has 0 spiro atoms. The molecule has 0 aliphatic carbocycles. The van der Waals surface area contributed by atoms with Crippen molar-refractivity contribution in [3.8, 4) is 11.4 Å². The third-order valence-electron chi connectivity index (χ3n) is 3.88. The van der Waals surface area contributed by atoms with Gasteiger partial charge < -0.3 is 0 Å². The summed E-state index contributed by atoms with van der Waals surface area (Å²) in [6.07, 6.45) is -3.60. The fourth-order valence-electron chi connectivity index (χ4n) is 2.57. The molecule has 0 saturated carbocycles. The van der Waals surface area contributed by atoms with Crippen molar-refractivity contribution in [1.82, 2.24) is 20.2 Å². The van der Waals surface area contributed by atoms with Crippen LogP contribution in [0.3, 0.4) is 0 Å². The number of halogens is 4. The van der Waals surface area contributed by atoms with Crippen molar-refractivity contribution in [2.45, 2.75) is 25.6 Å². The van der Waals surface area contributed by atoms with E-state index in [1.54, 1.807) is 0 Å². The summed E-state index contributed by atoms with van der Waals surface area (Å²) < 4.78 is 50.3. The van der Waals surface area contributed by atoms with Crippen LogP contribution in [0.25, 0.3) is 11.4 Å². The Morgan fingerprint density at radius 2 is 1.69 bits per heavy atom. The quantitative estimate of drug-likeness (QED) is 0.612. The van der Waals surface area contributed by atoms with Crippen LogP contribution in [0, 0.1) is 0 Å². The molecule has 8 heteroatoms. The Morgan fingerprint density at radius 1 is 0.962 bits per heavy atom. The number of hydrogen-bond acceptors (Lipinski definition) is 3. The van der Waals surface area contributed by atoms with Crippen LogP contribution in [0.2, 0.25) is 0 Å². The fraction of sp³-hybridized carbons (Fsp3) is 0.278. The zero-order chi connectivity index (χ0) is 18.6. The monoisotopic (exact) mass is 364 g/mol. The third kappa shape index (κ3) is 4.25. The maximum atomic E-state index is 12.7. The first-order valence-corrected chi connectivity index (χ1v) is 8.05. The van der Waals surface area contributed by atoms with E-state index in [9.17, 15) is 17.6 Å². The van der Waals surface area contributed by atoms with Crippen LogP contribution in [0.5, 0.6) is 0 Å².